The summed E-state index contributed by atoms with van der Waals surface area (Å²) in [7, 11) is 0. The summed E-state index contributed by atoms with van der Waals surface area (Å²) in [5, 5.41) is 0. The highest BCUT2D eigenvalue weighted by atomic mass is 13.9. The first kappa shape index (κ1) is 16.0. The minimum absolute atomic E-state index is 1.11. The molecule has 0 aromatic heterocycles. The summed E-state index contributed by atoms with van der Waals surface area (Å²) in [6, 6.07) is 16.9. The van der Waals surface area contributed by atoms with E-state index in [-0.39, 0.29) is 0 Å². The Morgan fingerprint density at radius 3 is 1.15 bits per heavy atom. The zero-order chi connectivity index (χ0) is 14.8. The van der Waals surface area contributed by atoms with Gasteiger partial charge >= 0.3 is 0 Å². The molecule has 0 bridgehead atoms. The van der Waals surface area contributed by atoms with Crippen molar-refractivity contribution >= 4 is 12.2 Å². The monoisotopic (exact) mass is 264 g/mol. The third-order valence-electron chi connectivity index (χ3n) is 3.25. The summed E-state index contributed by atoms with van der Waals surface area (Å²) in [5.74, 6) is 0. The number of rotatable bonds is 4. The Hall–Kier alpha value is -2.08. The van der Waals surface area contributed by atoms with E-state index in [9.17, 15) is 0 Å². The second kappa shape index (κ2) is 8.92. The van der Waals surface area contributed by atoms with Crippen LogP contribution in [0.5, 0.6) is 0 Å². The number of aryl methyl sites for hydroxylation is 2. The maximum atomic E-state index is 3.69. The van der Waals surface area contributed by atoms with Crippen molar-refractivity contribution in [2.45, 2.75) is 26.7 Å². The van der Waals surface area contributed by atoms with Gasteiger partial charge in [-0.25, -0.2) is 0 Å². The van der Waals surface area contributed by atoms with Crippen LogP contribution in [0, 0.1) is 0 Å². The normalized spacial score (nSPS) is 9.30. The standard InChI is InChI=1S/2C10H12/c2*1-3-9-5-7-10(4-2)8-6-9/h2*3,5-8H,1,4H2,2H3. The van der Waals surface area contributed by atoms with Gasteiger partial charge in [0.05, 0.1) is 0 Å². The molecular weight excluding hydrogens is 240 g/mol. The molecule has 104 valence electrons. The van der Waals surface area contributed by atoms with Crippen LogP contribution in [0.3, 0.4) is 0 Å². The van der Waals surface area contributed by atoms with Crippen LogP contribution in [0.4, 0.5) is 0 Å². The van der Waals surface area contributed by atoms with Gasteiger partial charge in [-0.3, -0.25) is 0 Å². The van der Waals surface area contributed by atoms with Crippen LogP contribution in [-0.4, -0.2) is 0 Å². The molecule has 0 amide bonds. The number of hydrogen-bond acceptors (Lipinski definition) is 0. The molecule has 0 radical (unpaired) electrons. The maximum Gasteiger partial charge on any atom is -0.0262 e. The van der Waals surface area contributed by atoms with Gasteiger partial charge in [0.2, 0.25) is 0 Å². The van der Waals surface area contributed by atoms with Crippen molar-refractivity contribution < 1.29 is 0 Å². The van der Waals surface area contributed by atoms with Gasteiger partial charge in [0.25, 0.3) is 0 Å². The zero-order valence-corrected chi connectivity index (χ0v) is 12.6. The van der Waals surface area contributed by atoms with E-state index in [4.69, 9.17) is 0 Å². The molecular formula is C20H24. The first-order chi connectivity index (χ1) is 9.73. The van der Waals surface area contributed by atoms with Gasteiger partial charge in [0.15, 0.2) is 0 Å². The minimum Gasteiger partial charge on any atom is -0.0985 e. The van der Waals surface area contributed by atoms with Crippen molar-refractivity contribution in [2.24, 2.45) is 0 Å². The Morgan fingerprint density at radius 2 is 0.950 bits per heavy atom. The second-order valence-electron chi connectivity index (χ2n) is 4.60. The fourth-order valence-corrected chi connectivity index (χ4v) is 1.78. The first-order valence-electron chi connectivity index (χ1n) is 7.16. The first-order valence-corrected chi connectivity index (χ1v) is 7.16. The van der Waals surface area contributed by atoms with E-state index in [1.165, 1.54) is 22.3 Å². The summed E-state index contributed by atoms with van der Waals surface area (Å²) in [4.78, 5) is 0. The summed E-state index contributed by atoms with van der Waals surface area (Å²) in [6.07, 6.45) is 5.94. The lowest BCUT2D eigenvalue weighted by atomic mass is 10.1. The Balaban J connectivity index is 0.000000200. The molecule has 0 aliphatic carbocycles. The van der Waals surface area contributed by atoms with Crippen molar-refractivity contribution in [3.8, 4) is 0 Å². The smallest absolute Gasteiger partial charge is 0.0262 e. The van der Waals surface area contributed by atoms with Crippen molar-refractivity contribution in [3.63, 3.8) is 0 Å². The SMILES string of the molecule is C=Cc1ccc(CC)cc1.C=Cc1ccc(CC)cc1. The van der Waals surface area contributed by atoms with Gasteiger partial charge in [0, 0.05) is 0 Å². The quantitative estimate of drug-likeness (QED) is 0.656. The lowest BCUT2D eigenvalue weighted by molar-refractivity contribution is 1.14. The Kier molecular flexibility index (Phi) is 7.13. The van der Waals surface area contributed by atoms with E-state index in [0.717, 1.165) is 12.8 Å². The van der Waals surface area contributed by atoms with Gasteiger partial charge in [-0.1, -0.05) is 87.7 Å². The largest absolute Gasteiger partial charge is 0.0985 e. The molecule has 0 fully saturated rings. The minimum atomic E-state index is 1.11. The summed E-state index contributed by atoms with van der Waals surface area (Å²) < 4.78 is 0. The van der Waals surface area contributed by atoms with Crippen molar-refractivity contribution in [2.75, 3.05) is 0 Å². The zero-order valence-electron chi connectivity index (χ0n) is 12.6. The lowest BCUT2D eigenvalue weighted by Gasteiger charge is -1.95. The van der Waals surface area contributed by atoms with Crippen LogP contribution >= 0.6 is 0 Å². The topological polar surface area (TPSA) is 0 Å². The molecule has 0 unspecified atom stereocenters. The van der Waals surface area contributed by atoms with Gasteiger partial charge in [-0.05, 0) is 35.1 Å². The molecule has 2 aromatic carbocycles. The summed E-state index contributed by atoms with van der Waals surface area (Å²) in [6.45, 7) is 11.7. The van der Waals surface area contributed by atoms with E-state index in [0.29, 0.717) is 0 Å². The molecule has 0 aliphatic rings. The van der Waals surface area contributed by atoms with Crippen LogP contribution in [0.2, 0.25) is 0 Å². The van der Waals surface area contributed by atoms with E-state index >= 15 is 0 Å². The predicted octanol–water partition coefficient (Wildman–Crippen LogP) is 5.78. The van der Waals surface area contributed by atoms with Gasteiger partial charge < -0.3 is 0 Å². The molecule has 0 atom stereocenters. The Labute approximate surface area is 123 Å². The van der Waals surface area contributed by atoms with Gasteiger partial charge in [0.1, 0.15) is 0 Å². The van der Waals surface area contributed by atoms with Crippen LogP contribution in [0.1, 0.15) is 36.1 Å². The van der Waals surface area contributed by atoms with E-state index in [1.807, 2.05) is 12.2 Å². The molecule has 0 heteroatoms. The predicted molar refractivity (Wildman–Crippen MR) is 91.8 cm³/mol. The molecule has 0 aliphatic heterocycles. The maximum absolute atomic E-state index is 3.69. The highest BCUT2D eigenvalue weighted by Crippen LogP contribution is 2.05. The van der Waals surface area contributed by atoms with Gasteiger partial charge in [-0.2, -0.15) is 0 Å². The molecule has 2 rings (SSSR count). The van der Waals surface area contributed by atoms with Crippen LogP contribution < -0.4 is 0 Å². The van der Waals surface area contributed by atoms with Crippen LogP contribution in [-0.2, 0) is 12.8 Å². The lowest BCUT2D eigenvalue weighted by Crippen LogP contribution is -1.78. The van der Waals surface area contributed by atoms with Crippen molar-refractivity contribution in [1.82, 2.24) is 0 Å². The van der Waals surface area contributed by atoms with Gasteiger partial charge in [-0.15, -0.1) is 0 Å². The Bertz CT molecular complexity index is 463. The molecule has 20 heavy (non-hydrogen) atoms. The molecule has 2 aromatic rings. The number of benzene rings is 2. The van der Waals surface area contributed by atoms with Crippen LogP contribution in [0.15, 0.2) is 61.7 Å². The fraction of sp³-hybridized carbons (Fsp3) is 0.200. The second-order valence-corrected chi connectivity index (χ2v) is 4.60. The van der Waals surface area contributed by atoms with Crippen molar-refractivity contribution in [3.05, 3.63) is 83.9 Å². The molecule has 0 nitrogen and oxygen atoms in total. The molecule has 0 saturated carbocycles. The highest BCUT2D eigenvalue weighted by Gasteiger charge is 1.87. The molecule has 0 spiro atoms. The average Bonchev–Trinajstić information content (AvgIpc) is 2.55. The average molecular weight is 264 g/mol. The van der Waals surface area contributed by atoms with E-state index in [2.05, 4.69) is 75.5 Å². The number of hydrogen-bond donors (Lipinski definition) is 0. The van der Waals surface area contributed by atoms with Crippen molar-refractivity contribution in [1.29, 1.82) is 0 Å². The highest BCUT2D eigenvalue weighted by molar-refractivity contribution is 5.47. The van der Waals surface area contributed by atoms with Crippen LogP contribution in [0.25, 0.3) is 12.2 Å². The third kappa shape index (κ3) is 5.27. The molecule has 0 saturated heterocycles. The molecule has 0 heterocycles. The molecule has 0 N–H and O–H groups in total. The fourth-order valence-electron chi connectivity index (χ4n) is 1.78. The summed E-state index contributed by atoms with van der Waals surface area (Å²) >= 11 is 0. The van der Waals surface area contributed by atoms with E-state index < -0.39 is 0 Å². The third-order valence-corrected chi connectivity index (χ3v) is 3.25. The van der Waals surface area contributed by atoms with E-state index in [1.54, 1.807) is 0 Å². The Morgan fingerprint density at radius 1 is 0.650 bits per heavy atom. The summed E-state index contributed by atoms with van der Waals surface area (Å²) in [5.41, 5.74) is 5.14.